The van der Waals surface area contributed by atoms with Gasteiger partial charge in [0, 0.05) is 24.7 Å². The zero-order valence-corrected chi connectivity index (χ0v) is 22.4. The first-order chi connectivity index (χ1) is 19.5. The number of benzene rings is 1. The second-order valence-corrected chi connectivity index (χ2v) is 10.9. The van der Waals surface area contributed by atoms with Crippen LogP contribution in [0.25, 0.3) is 32.7 Å². The van der Waals surface area contributed by atoms with Crippen molar-refractivity contribution in [1.29, 1.82) is 0 Å². The number of aliphatic hydroxyl groups excluding tert-OH is 1. The zero-order chi connectivity index (χ0) is 27.6. The smallest absolute Gasteiger partial charge is 0.353 e. The van der Waals surface area contributed by atoms with E-state index in [2.05, 4.69) is 26.8 Å². The minimum Gasteiger partial charge on any atom is -0.511 e. The van der Waals surface area contributed by atoms with Crippen molar-refractivity contribution in [2.24, 2.45) is 5.92 Å². The molecule has 10 heteroatoms. The SMILES string of the molecule is C=CC(=O)N[C@H]1CCC[C@H](CC(O)=c2sc3nccc4c3c2nc(=O)n4-c2ccc(Oc3ccccc3)nc2)C1. The number of nitrogens with zero attached hydrogens (tertiary/aromatic N) is 4. The van der Waals surface area contributed by atoms with E-state index in [0.717, 1.165) is 31.1 Å². The van der Waals surface area contributed by atoms with E-state index in [1.165, 1.54) is 22.0 Å². The van der Waals surface area contributed by atoms with E-state index in [9.17, 15) is 14.7 Å². The zero-order valence-electron chi connectivity index (χ0n) is 21.6. The maximum Gasteiger partial charge on any atom is 0.353 e. The molecule has 5 aromatic rings. The van der Waals surface area contributed by atoms with Gasteiger partial charge in [-0.2, -0.15) is 4.98 Å². The molecule has 1 aromatic carbocycles. The second kappa shape index (κ2) is 10.9. The third kappa shape index (κ3) is 5.05. The molecule has 2 atom stereocenters. The quantitative estimate of drug-likeness (QED) is 0.277. The highest BCUT2D eigenvalue weighted by Gasteiger charge is 2.25. The van der Waals surface area contributed by atoms with Crippen LogP contribution in [0.2, 0.25) is 0 Å². The van der Waals surface area contributed by atoms with Gasteiger partial charge < -0.3 is 15.2 Å². The maximum atomic E-state index is 13.4. The van der Waals surface area contributed by atoms with Crippen LogP contribution < -0.4 is 20.3 Å². The van der Waals surface area contributed by atoms with E-state index in [1.54, 1.807) is 30.6 Å². The van der Waals surface area contributed by atoms with Gasteiger partial charge in [-0.05, 0) is 55.5 Å². The average molecular weight is 554 g/mol. The molecule has 1 aliphatic carbocycles. The molecular formula is C30H27N5O4S. The first kappa shape index (κ1) is 25.7. The van der Waals surface area contributed by atoms with E-state index >= 15 is 0 Å². The molecule has 1 amide bonds. The summed E-state index contributed by atoms with van der Waals surface area (Å²) in [5.74, 6) is 1.29. The van der Waals surface area contributed by atoms with Crippen molar-refractivity contribution in [3.63, 3.8) is 0 Å². The van der Waals surface area contributed by atoms with Crippen LogP contribution in [0.3, 0.4) is 0 Å². The number of ether oxygens (including phenoxy) is 1. The van der Waals surface area contributed by atoms with Gasteiger partial charge in [-0.25, -0.2) is 14.8 Å². The van der Waals surface area contributed by atoms with Crippen molar-refractivity contribution >= 4 is 44.3 Å². The predicted octanol–water partition coefficient (Wildman–Crippen LogP) is 4.82. The first-order valence-corrected chi connectivity index (χ1v) is 14.0. The van der Waals surface area contributed by atoms with E-state index in [-0.39, 0.29) is 23.6 Å². The highest BCUT2D eigenvalue weighted by Crippen LogP contribution is 2.31. The summed E-state index contributed by atoms with van der Waals surface area (Å²) in [6, 6.07) is 14.6. The first-order valence-electron chi connectivity index (χ1n) is 13.1. The Morgan fingerprint density at radius 1 is 1.18 bits per heavy atom. The van der Waals surface area contributed by atoms with Gasteiger partial charge in [0.05, 0.1) is 27.3 Å². The molecule has 0 aliphatic heterocycles. The number of rotatable bonds is 7. The number of thiophene rings is 1. The third-order valence-electron chi connectivity index (χ3n) is 7.19. The molecule has 6 rings (SSSR count). The number of hydrogen-bond donors (Lipinski definition) is 2. The van der Waals surface area contributed by atoms with Crippen LogP contribution in [0.4, 0.5) is 0 Å². The Bertz CT molecular complexity index is 1810. The molecule has 9 nitrogen and oxygen atoms in total. The number of amides is 1. The Labute approximate surface area is 233 Å². The van der Waals surface area contributed by atoms with E-state index in [0.29, 0.717) is 44.1 Å². The fraction of sp³-hybridized carbons (Fsp3) is 0.233. The average Bonchev–Trinajstić information content (AvgIpc) is 3.34. The molecule has 2 N–H and O–H groups in total. The molecule has 4 aromatic heterocycles. The van der Waals surface area contributed by atoms with Gasteiger partial charge in [0.25, 0.3) is 0 Å². The summed E-state index contributed by atoms with van der Waals surface area (Å²) < 4.78 is 7.84. The number of nitrogens with one attached hydrogen (secondary N) is 1. The lowest BCUT2D eigenvalue weighted by atomic mass is 9.83. The minimum atomic E-state index is -0.476. The number of para-hydroxylation sites is 1. The van der Waals surface area contributed by atoms with Crippen LogP contribution in [-0.4, -0.2) is 36.6 Å². The molecule has 0 radical (unpaired) electrons. The van der Waals surface area contributed by atoms with Crippen LogP contribution in [0.15, 0.2) is 78.4 Å². The van der Waals surface area contributed by atoms with Gasteiger partial charge in [0.2, 0.25) is 11.8 Å². The minimum absolute atomic E-state index is 0.0593. The largest absolute Gasteiger partial charge is 0.511 e. The Kier molecular flexibility index (Phi) is 7.00. The molecule has 4 heterocycles. The molecule has 0 spiro atoms. The molecule has 0 unspecified atom stereocenters. The summed E-state index contributed by atoms with van der Waals surface area (Å²) in [6.07, 6.45) is 8.55. The van der Waals surface area contributed by atoms with Crippen LogP contribution >= 0.6 is 11.3 Å². The predicted molar refractivity (Wildman–Crippen MR) is 155 cm³/mol. The van der Waals surface area contributed by atoms with E-state index in [1.807, 2.05) is 30.3 Å². The van der Waals surface area contributed by atoms with Gasteiger partial charge in [0.15, 0.2) is 0 Å². The van der Waals surface area contributed by atoms with Crippen molar-refractivity contribution < 1.29 is 14.6 Å². The standard InChI is InChI=1S/C30H27N5O4S/c1-2-24(37)33-19-8-6-7-18(15-19)16-23(36)28-27-26-22(13-14-31-29(26)40-28)35(30(38)34-27)20-11-12-25(32-17-20)39-21-9-4-3-5-10-21/h2-5,9-14,17-19,36H,1,6-8,15-16H2,(H,33,37)/t18-,19-/m0/s1. The molecule has 0 bridgehead atoms. The molecule has 1 fully saturated rings. The fourth-order valence-corrected chi connectivity index (χ4v) is 6.44. The lowest BCUT2D eigenvalue weighted by Crippen LogP contribution is -2.37. The fourth-order valence-electron chi connectivity index (χ4n) is 5.39. The van der Waals surface area contributed by atoms with Crippen LogP contribution in [-0.2, 0) is 4.79 Å². The molecule has 40 heavy (non-hydrogen) atoms. The van der Waals surface area contributed by atoms with E-state index in [4.69, 9.17) is 4.74 Å². The van der Waals surface area contributed by atoms with Crippen molar-refractivity contribution in [1.82, 2.24) is 24.8 Å². The second-order valence-electron chi connectivity index (χ2n) is 9.88. The van der Waals surface area contributed by atoms with E-state index < -0.39 is 5.69 Å². The summed E-state index contributed by atoms with van der Waals surface area (Å²) in [5.41, 5.74) is 1.16. The summed E-state index contributed by atoms with van der Waals surface area (Å²) >= 11 is 1.33. The van der Waals surface area contributed by atoms with Crippen molar-refractivity contribution in [2.45, 2.75) is 38.1 Å². The lowest BCUT2D eigenvalue weighted by molar-refractivity contribution is -0.117. The highest BCUT2D eigenvalue weighted by atomic mass is 32.1. The van der Waals surface area contributed by atoms with Gasteiger partial charge in [-0.1, -0.05) is 31.2 Å². The molecule has 1 saturated carbocycles. The summed E-state index contributed by atoms with van der Waals surface area (Å²) in [6.45, 7) is 3.52. The van der Waals surface area contributed by atoms with Crippen molar-refractivity contribution in [3.8, 4) is 17.3 Å². The Hall–Kier alpha value is -4.57. The number of hydrogen-bond acceptors (Lipinski definition) is 8. The Morgan fingerprint density at radius 3 is 2.80 bits per heavy atom. The molecular weight excluding hydrogens is 526 g/mol. The van der Waals surface area contributed by atoms with Gasteiger partial charge in [-0.15, -0.1) is 11.3 Å². The highest BCUT2D eigenvalue weighted by molar-refractivity contribution is 7.17. The molecule has 0 saturated heterocycles. The van der Waals surface area contributed by atoms with Crippen molar-refractivity contribution in [3.05, 3.63) is 88.6 Å². The summed E-state index contributed by atoms with van der Waals surface area (Å²) in [7, 11) is 0. The lowest BCUT2D eigenvalue weighted by Gasteiger charge is -2.29. The number of carbonyl (C=O) groups is 1. The topological polar surface area (TPSA) is 119 Å². The summed E-state index contributed by atoms with van der Waals surface area (Å²) in [4.78, 5) is 39.1. The number of aromatic nitrogens is 4. The third-order valence-corrected chi connectivity index (χ3v) is 8.32. The Balaban J connectivity index is 1.34. The monoisotopic (exact) mass is 553 g/mol. The molecule has 1 aliphatic rings. The maximum absolute atomic E-state index is 13.4. The Morgan fingerprint density at radius 2 is 2.02 bits per heavy atom. The normalized spacial score (nSPS) is 18.0. The van der Waals surface area contributed by atoms with Gasteiger partial charge >= 0.3 is 5.69 Å². The number of pyridine rings is 2. The molecule has 202 valence electrons. The number of aliphatic hydroxyl groups is 1. The van der Waals surface area contributed by atoms with Gasteiger partial charge in [0.1, 0.15) is 21.9 Å². The van der Waals surface area contributed by atoms with Crippen LogP contribution in [0.5, 0.6) is 11.6 Å². The van der Waals surface area contributed by atoms with Crippen LogP contribution in [0.1, 0.15) is 32.1 Å². The van der Waals surface area contributed by atoms with Gasteiger partial charge in [-0.3, -0.25) is 9.36 Å². The van der Waals surface area contributed by atoms with Crippen LogP contribution in [0, 0.1) is 5.92 Å². The van der Waals surface area contributed by atoms with Crippen molar-refractivity contribution in [2.75, 3.05) is 0 Å². The number of carbonyl (C=O) groups excluding carboxylic acids is 1. The summed E-state index contributed by atoms with van der Waals surface area (Å²) in [5, 5.41) is 14.9.